The number of halogens is 1. The van der Waals surface area contributed by atoms with Crippen LogP contribution >= 0.6 is 11.8 Å². The Hall–Kier alpha value is -3.63. The zero-order chi connectivity index (χ0) is 33.2. The van der Waals surface area contributed by atoms with Gasteiger partial charge in [-0.05, 0) is 75.1 Å². The van der Waals surface area contributed by atoms with E-state index in [4.69, 9.17) is 16.5 Å². The predicted molar refractivity (Wildman–Crippen MR) is 173 cm³/mol. The van der Waals surface area contributed by atoms with Crippen LogP contribution < -0.4 is 16.0 Å². The number of ether oxygens (including phenoxy) is 1. The maximum absolute atomic E-state index is 12.9. The van der Waals surface area contributed by atoms with Crippen LogP contribution in [-0.4, -0.2) is 63.7 Å². The van der Waals surface area contributed by atoms with E-state index in [-0.39, 0.29) is 41.3 Å². The fourth-order valence-electron chi connectivity index (χ4n) is 6.94. The Kier molecular flexibility index (Phi) is 9.90. The predicted octanol–water partition coefficient (Wildman–Crippen LogP) is 5.80. The summed E-state index contributed by atoms with van der Waals surface area (Å²) >= 11 is 6.43. The number of carbonyl (C=O) groups is 4. The average molecular weight is 640 g/mol. The lowest BCUT2D eigenvalue weighted by molar-refractivity contribution is -0.137. The van der Waals surface area contributed by atoms with Crippen LogP contribution in [0.25, 0.3) is 0 Å². The monoisotopic (exact) mass is 639 g/mol. The largest absolute Gasteiger partial charge is 0.428 e. The number of alkyl carbamates (subject to hydrolysis) is 1. The summed E-state index contributed by atoms with van der Waals surface area (Å²) in [4.78, 5) is 52.6. The van der Waals surface area contributed by atoms with Gasteiger partial charge in [0, 0.05) is 30.3 Å². The van der Waals surface area contributed by atoms with Gasteiger partial charge in [0.15, 0.2) is 12.5 Å². The Morgan fingerprint density at radius 2 is 1.51 bits per heavy atom. The Morgan fingerprint density at radius 1 is 0.889 bits per heavy atom. The molecule has 11 heteroatoms. The van der Waals surface area contributed by atoms with Crippen LogP contribution in [0.2, 0.25) is 0 Å². The van der Waals surface area contributed by atoms with E-state index < -0.39 is 17.3 Å². The average Bonchev–Trinajstić information content (AvgIpc) is 3.08. The lowest BCUT2D eigenvalue weighted by atomic mass is 9.62. The Bertz CT molecular complexity index is 1410. The second-order valence-electron chi connectivity index (χ2n) is 14.5. The summed E-state index contributed by atoms with van der Waals surface area (Å²) < 4.78 is 6.95. The number of rotatable bonds is 9. The third-order valence-electron chi connectivity index (χ3n) is 8.87. The molecule has 0 aromatic heterocycles. The van der Waals surface area contributed by atoms with Crippen molar-refractivity contribution in [1.29, 1.82) is 0 Å². The lowest BCUT2D eigenvalue weighted by Crippen LogP contribution is -2.52. The number of urea groups is 1. The molecule has 2 unspecified atom stereocenters. The van der Waals surface area contributed by atoms with Crippen LogP contribution in [0, 0.1) is 10.8 Å². The zero-order valence-electron chi connectivity index (χ0n) is 27.3. The molecule has 0 spiro atoms. The lowest BCUT2D eigenvalue weighted by Gasteiger charge is -2.46. The minimum absolute atomic E-state index is 0.0464. The first-order valence-corrected chi connectivity index (χ1v) is 15.7. The summed E-state index contributed by atoms with van der Waals surface area (Å²) in [5.74, 6) is -0.267. The highest BCUT2D eigenvalue weighted by Gasteiger charge is 2.56. The second kappa shape index (κ2) is 13.0. The fraction of sp³-hybridized carbons (Fsp3) is 0.529. The first kappa shape index (κ1) is 34.2. The molecule has 1 aliphatic carbocycles. The molecule has 2 fully saturated rings. The van der Waals surface area contributed by atoms with E-state index in [2.05, 4.69) is 36.7 Å². The molecule has 3 N–H and O–H groups in total. The van der Waals surface area contributed by atoms with Crippen molar-refractivity contribution < 1.29 is 23.9 Å². The molecule has 2 aliphatic rings. The molecule has 0 bridgehead atoms. The number of benzene rings is 2. The van der Waals surface area contributed by atoms with Crippen LogP contribution in [0.1, 0.15) is 89.2 Å². The van der Waals surface area contributed by atoms with Gasteiger partial charge < -0.3 is 20.7 Å². The molecular weight excluding hydrogens is 594 g/mol. The van der Waals surface area contributed by atoms with Crippen molar-refractivity contribution in [3.8, 4) is 0 Å². The van der Waals surface area contributed by atoms with Crippen molar-refractivity contribution in [3.63, 3.8) is 0 Å². The molecule has 45 heavy (non-hydrogen) atoms. The normalized spacial score (nSPS) is 23.7. The van der Waals surface area contributed by atoms with Crippen LogP contribution in [0.4, 0.5) is 9.59 Å². The van der Waals surface area contributed by atoms with E-state index in [9.17, 15) is 19.2 Å². The van der Waals surface area contributed by atoms with Gasteiger partial charge >= 0.3 is 12.1 Å². The summed E-state index contributed by atoms with van der Waals surface area (Å²) in [5.41, 5.74) is -0.00774. The number of nitrogens with one attached hydrogen (secondary N) is 3. The summed E-state index contributed by atoms with van der Waals surface area (Å²) in [6.45, 7) is 14.0. The quantitative estimate of drug-likeness (QED) is 0.236. The molecular formula is C34H46ClN5O5. The zero-order valence-corrected chi connectivity index (χ0v) is 28.1. The maximum atomic E-state index is 12.9. The SMILES string of the molecule is CC1(C)CC(NC(=O)OCN2C(=O)C(C)(C)N(Cl)C2(C)C)CC(C)(CNC(=O)NCc2ccc(C(=O)c3ccccc3)cc2)C1. The topological polar surface area (TPSA) is 120 Å². The van der Waals surface area contributed by atoms with Crippen molar-refractivity contribution in [2.75, 3.05) is 13.3 Å². The first-order valence-electron chi connectivity index (χ1n) is 15.4. The Balaban J connectivity index is 1.26. The van der Waals surface area contributed by atoms with Crippen molar-refractivity contribution in [3.05, 3.63) is 71.3 Å². The third-order valence-corrected chi connectivity index (χ3v) is 9.71. The molecule has 2 aromatic carbocycles. The van der Waals surface area contributed by atoms with Crippen LogP contribution in [0.15, 0.2) is 54.6 Å². The number of hydrogen-bond acceptors (Lipinski definition) is 6. The highest BCUT2D eigenvalue weighted by Crippen LogP contribution is 2.46. The van der Waals surface area contributed by atoms with Gasteiger partial charge in [0.25, 0.3) is 0 Å². The highest BCUT2D eigenvalue weighted by molar-refractivity contribution is 6.17. The maximum Gasteiger partial charge on any atom is 0.409 e. The number of amides is 4. The van der Waals surface area contributed by atoms with Gasteiger partial charge in [0.05, 0.1) is 0 Å². The smallest absolute Gasteiger partial charge is 0.409 e. The van der Waals surface area contributed by atoms with Crippen molar-refractivity contribution in [1.82, 2.24) is 25.3 Å². The summed E-state index contributed by atoms with van der Waals surface area (Å²) in [6, 6.07) is 15.9. The van der Waals surface area contributed by atoms with Crippen molar-refractivity contribution >= 4 is 35.6 Å². The Morgan fingerprint density at radius 3 is 2.11 bits per heavy atom. The van der Waals surface area contributed by atoms with Gasteiger partial charge in [-0.2, -0.15) is 4.42 Å². The third kappa shape index (κ3) is 7.97. The fourth-order valence-corrected chi connectivity index (χ4v) is 7.10. The minimum atomic E-state index is -0.924. The van der Waals surface area contributed by atoms with E-state index >= 15 is 0 Å². The number of hydrogen-bond donors (Lipinski definition) is 3. The second-order valence-corrected chi connectivity index (χ2v) is 14.8. The highest BCUT2D eigenvalue weighted by atomic mass is 35.5. The van der Waals surface area contributed by atoms with E-state index in [1.54, 1.807) is 52.0 Å². The molecule has 4 amide bonds. The van der Waals surface area contributed by atoms with Crippen molar-refractivity contribution in [2.45, 2.75) is 91.5 Å². The van der Waals surface area contributed by atoms with Crippen LogP contribution in [0.5, 0.6) is 0 Å². The number of carbonyl (C=O) groups excluding carboxylic acids is 4. The van der Waals surface area contributed by atoms with E-state index in [0.717, 1.165) is 18.4 Å². The molecule has 2 atom stereocenters. The Labute approximate surface area is 271 Å². The van der Waals surface area contributed by atoms with Crippen molar-refractivity contribution in [2.24, 2.45) is 10.8 Å². The molecule has 244 valence electrons. The van der Waals surface area contributed by atoms with Gasteiger partial charge in [0.1, 0.15) is 11.2 Å². The van der Waals surface area contributed by atoms with E-state index in [1.807, 2.05) is 30.3 Å². The molecule has 0 radical (unpaired) electrons. The molecule has 10 nitrogen and oxygen atoms in total. The summed E-state index contributed by atoms with van der Waals surface area (Å²) in [6.07, 6.45) is 1.67. The number of ketones is 1. The minimum Gasteiger partial charge on any atom is -0.428 e. The molecule has 1 aliphatic heterocycles. The van der Waals surface area contributed by atoms with Gasteiger partial charge in [-0.1, -0.05) is 75.4 Å². The van der Waals surface area contributed by atoms with Gasteiger partial charge in [0.2, 0.25) is 5.91 Å². The molecule has 1 saturated carbocycles. The summed E-state index contributed by atoms with van der Waals surface area (Å²) in [5, 5.41) is 8.88. The van der Waals surface area contributed by atoms with Gasteiger partial charge in [-0.25, -0.2) is 9.59 Å². The van der Waals surface area contributed by atoms with Crippen LogP contribution in [0.3, 0.4) is 0 Å². The molecule has 1 saturated heterocycles. The molecule has 4 rings (SSSR count). The van der Waals surface area contributed by atoms with Crippen LogP contribution in [-0.2, 0) is 16.1 Å². The summed E-state index contributed by atoms with van der Waals surface area (Å²) in [7, 11) is 0. The molecule has 2 aromatic rings. The number of nitrogens with zero attached hydrogens (tertiary/aromatic N) is 2. The van der Waals surface area contributed by atoms with E-state index in [1.165, 1.54) is 9.32 Å². The van der Waals surface area contributed by atoms with Gasteiger partial charge in [-0.3, -0.25) is 14.5 Å². The van der Waals surface area contributed by atoms with Gasteiger partial charge in [-0.15, -0.1) is 0 Å². The molecule has 1 heterocycles. The van der Waals surface area contributed by atoms with E-state index in [0.29, 0.717) is 30.6 Å². The standard InChI is InChI=1S/C34H46ClN5O5/c1-31(2)17-26(38-30(44)45-22-39-28(42)32(3,4)40(35)33(39,5)6)18-34(7,20-31)21-37-29(43)36-19-23-13-15-25(16-14-23)27(41)24-11-9-8-10-12-24/h8-16,26H,17-22H2,1-7H3,(H,38,44)(H2,36,37,43). The first-order chi connectivity index (χ1) is 20.9.